The number of aromatic nitrogens is 8. The summed E-state index contributed by atoms with van der Waals surface area (Å²) >= 11 is 0. The van der Waals surface area contributed by atoms with Crippen molar-refractivity contribution in [2.45, 2.75) is 26.7 Å². The van der Waals surface area contributed by atoms with Crippen LogP contribution in [0.15, 0.2) is 37.4 Å². The van der Waals surface area contributed by atoms with Crippen LogP contribution in [0.5, 0.6) is 0 Å². The maximum atomic E-state index is 4.39. The molecule has 0 fully saturated rings. The van der Waals surface area contributed by atoms with Crippen molar-refractivity contribution < 1.29 is 0 Å². The molecule has 4 aromatic heterocycles. The zero-order valence-electron chi connectivity index (χ0n) is 13.6. The maximum absolute atomic E-state index is 4.39. The first kappa shape index (κ1) is 15.7. The minimum atomic E-state index is 0.386. The van der Waals surface area contributed by atoms with Gasteiger partial charge >= 0.3 is 0 Å². The number of nitrogens with zero attached hydrogens (tertiary/aromatic N) is 8. The van der Waals surface area contributed by atoms with Gasteiger partial charge in [-0.05, 0) is 12.8 Å². The van der Waals surface area contributed by atoms with Gasteiger partial charge in [-0.25, -0.2) is 39.9 Å². The van der Waals surface area contributed by atoms with Crippen molar-refractivity contribution in [2.24, 2.45) is 0 Å². The van der Waals surface area contributed by atoms with E-state index in [0.717, 1.165) is 28.1 Å². The van der Waals surface area contributed by atoms with Crippen molar-refractivity contribution in [3.63, 3.8) is 0 Å². The highest BCUT2D eigenvalue weighted by molar-refractivity contribution is 5.71. The normalized spacial score (nSPS) is 10.7. The Morgan fingerprint density at radius 2 is 1.46 bits per heavy atom. The molecule has 4 heterocycles. The summed E-state index contributed by atoms with van der Waals surface area (Å²) < 4.78 is 0. The highest BCUT2D eigenvalue weighted by atomic mass is 14.9. The predicted octanol–water partition coefficient (Wildman–Crippen LogP) is 2.27. The second-order valence-electron chi connectivity index (χ2n) is 5.39. The van der Waals surface area contributed by atoms with Crippen LogP contribution < -0.4 is 0 Å². The molecular weight excluding hydrogens is 304 g/mol. The zero-order chi connectivity index (χ0) is 16.9. The Morgan fingerprint density at radius 3 is 2.25 bits per heavy atom. The largest absolute Gasteiger partial charge is 0.246 e. The van der Waals surface area contributed by atoms with Crippen LogP contribution in [0.3, 0.4) is 0 Å². The maximum Gasteiger partial charge on any atom is 0.181 e. The number of hydrogen-bond donors (Lipinski definition) is 0. The summed E-state index contributed by atoms with van der Waals surface area (Å²) in [6.45, 7) is 6.01. The van der Waals surface area contributed by atoms with Crippen molar-refractivity contribution >= 4 is 22.2 Å². The van der Waals surface area contributed by atoms with Gasteiger partial charge in [0.15, 0.2) is 5.65 Å². The van der Waals surface area contributed by atoms with Crippen LogP contribution in [0, 0.1) is 6.92 Å². The molecular formula is C16H16N8. The summed E-state index contributed by atoms with van der Waals surface area (Å²) in [6, 6.07) is 0. The molecule has 120 valence electrons. The molecule has 0 aliphatic heterocycles. The Morgan fingerprint density at radius 1 is 0.708 bits per heavy atom. The SMILES string of the molecule is CC(C)c1cnc2ncncc2n1.Cc1ncc2ncncc2n1. The molecule has 0 bridgehead atoms. The molecule has 0 amide bonds. The second-order valence-corrected chi connectivity index (χ2v) is 5.39. The fraction of sp³-hybridized carbons (Fsp3) is 0.250. The van der Waals surface area contributed by atoms with Gasteiger partial charge in [0.25, 0.3) is 0 Å². The third kappa shape index (κ3) is 3.60. The van der Waals surface area contributed by atoms with Gasteiger partial charge in [-0.2, -0.15) is 0 Å². The van der Waals surface area contributed by atoms with Crippen molar-refractivity contribution in [3.05, 3.63) is 49.0 Å². The molecule has 0 N–H and O–H groups in total. The Bertz CT molecular complexity index is 970. The minimum absolute atomic E-state index is 0.386. The van der Waals surface area contributed by atoms with Crippen LogP contribution >= 0.6 is 0 Å². The molecule has 0 saturated carbocycles. The van der Waals surface area contributed by atoms with E-state index in [2.05, 4.69) is 53.7 Å². The molecule has 0 saturated heterocycles. The van der Waals surface area contributed by atoms with E-state index < -0.39 is 0 Å². The van der Waals surface area contributed by atoms with Crippen LogP contribution in [0.2, 0.25) is 0 Å². The van der Waals surface area contributed by atoms with E-state index in [0.29, 0.717) is 11.6 Å². The van der Waals surface area contributed by atoms with E-state index in [-0.39, 0.29) is 0 Å². The fourth-order valence-electron chi connectivity index (χ4n) is 1.94. The van der Waals surface area contributed by atoms with E-state index in [4.69, 9.17) is 0 Å². The molecule has 4 rings (SSSR count). The molecule has 0 spiro atoms. The quantitative estimate of drug-likeness (QED) is 0.526. The van der Waals surface area contributed by atoms with Crippen molar-refractivity contribution in [1.82, 2.24) is 39.9 Å². The third-order valence-electron chi connectivity index (χ3n) is 3.21. The van der Waals surface area contributed by atoms with E-state index in [9.17, 15) is 0 Å². The van der Waals surface area contributed by atoms with Gasteiger partial charge in [0, 0.05) is 0 Å². The number of hydrogen-bond acceptors (Lipinski definition) is 8. The lowest BCUT2D eigenvalue weighted by Gasteiger charge is -2.03. The Kier molecular flexibility index (Phi) is 4.55. The average Bonchev–Trinajstić information content (AvgIpc) is 2.61. The van der Waals surface area contributed by atoms with E-state index in [1.165, 1.54) is 12.7 Å². The van der Waals surface area contributed by atoms with Crippen molar-refractivity contribution in [3.8, 4) is 0 Å². The van der Waals surface area contributed by atoms with Gasteiger partial charge < -0.3 is 0 Å². The van der Waals surface area contributed by atoms with Crippen LogP contribution in [-0.2, 0) is 0 Å². The number of aryl methyl sites for hydroxylation is 1. The Hall–Kier alpha value is -3.16. The first-order valence-electron chi connectivity index (χ1n) is 7.45. The number of fused-ring (bicyclic) bond motifs is 2. The summed E-state index contributed by atoms with van der Waals surface area (Å²) in [5.74, 6) is 1.13. The Labute approximate surface area is 138 Å². The fourth-order valence-corrected chi connectivity index (χ4v) is 1.94. The molecule has 4 aromatic rings. The Balaban J connectivity index is 0.000000143. The smallest absolute Gasteiger partial charge is 0.181 e. The summed E-state index contributed by atoms with van der Waals surface area (Å²) in [5, 5.41) is 0. The molecule has 0 aliphatic carbocycles. The molecule has 0 aromatic carbocycles. The van der Waals surface area contributed by atoms with Crippen LogP contribution in [0.4, 0.5) is 0 Å². The average molecular weight is 320 g/mol. The molecule has 0 unspecified atom stereocenters. The molecule has 0 aliphatic rings. The molecule has 0 atom stereocenters. The molecule has 8 nitrogen and oxygen atoms in total. The zero-order valence-corrected chi connectivity index (χ0v) is 13.6. The van der Waals surface area contributed by atoms with Gasteiger partial charge in [0.1, 0.15) is 35.0 Å². The van der Waals surface area contributed by atoms with Crippen molar-refractivity contribution in [1.29, 1.82) is 0 Å². The van der Waals surface area contributed by atoms with Gasteiger partial charge in [0.2, 0.25) is 0 Å². The van der Waals surface area contributed by atoms with Crippen molar-refractivity contribution in [2.75, 3.05) is 0 Å². The molecule has 8 heteroatoms. The van der Waals surface area contributed by atoms with Gasteiger partial charge in [0.05, 0.1) is 30.5 Å². The van der Waals surface area contributed by atoms with E-state index in [1.807, 2.05) is 6.92 Å². The van der Waals surface area contributed by atoms with Crippen LogP contribution in [0.25, 0.3) is 22.2 Å². The van der Waals surface area contributed by atoms with Gasteiger partial charge in [-0.3, -0.25) is 0 Å². The molecule has 24 heavy (non-hydrogen) atoms. The topological polar surface area (TPSA) is 103 Å². The second kappa shape index (κ2) is 6.95. The summed E-state index contributed by atoms with van der Waals surface area (Å²) in [7, 11) is 0. The lowest BCUT2D eigenvalue weighted by Crippen LogP contribution is -1.96. The van der Waals surface area contributed by atoms with E-state index in [1.54, 1.807) is 24.8 Å². The highest BCUT2D eigenvalue weighted by Gasteiger charge is 2.03. The van der Waals surface area contributed by atoms with Crippen LogP contribution in [0.1, 0.15) is 31.3 Å². The monoisotopic (exact) mass is 320 g/mol. The van der Waals surface area contributed by atoms with Gasteiger partial charge in [-0.1, -0.05) is 13.8 Å². The standard InChI is InChI=1S/C9H10N4.C7H6N4/c1-6(2)7-4-11-9-8(13-7)3-10-5-12-9;1-5-9-3-6-7(11-5)2-8-4-10-6/h3-6H,1-2H3;2-4H,1H3. The lowest BCUT2D eigenvalue weighted by molar-refractivity contribution is 0.820. The molecule has 0 radical (unpaired) electrons. The summed E-state index contributed by atoms with van der Waals surface area (Å²) in [4.78, 5) is 32.5. The summed E-state index contributed by atoms with van der Waals surface area (Å²) in [5.41, 5.74) is 3.96. The first-order valence-corrected chi connectivity index (χ1v) is 7.45. The minimum Gasteiger partial charge on any atom is -0.246 e. The van der Waals surface area contributed by atoms with Gasteiger partial charge in [-0.15, -0.1) is 0 Å². The predicted molar refractivity (Wildman–Crippen MR) is 89.1 cm³/mol. The highest BCUT2D eigenvalue weighted by Crippen LogP contribution is 2.12. The van der Waals surface area contributed by atoms with Crippen LogP contribution in [-0.4, -0.2) is 39.9 Å². The third-order valence-corrected chi connectivity index (χ3v) is 3.21. The number of rotatable bonds is 1. The first-order chi connectivity index (χ1) is 11.6. The van der Waals surface area contributed by atoms with E-state index >= 15 is 0 Å². The summed E-state index contributed by atoms with van der Waals surface area (Å²) in [6.07, 6.45) is 9.78. The lowest BCUT2D eigenvalue weighted by atomic mass is 10.1.